The monoisotopic (exact) mass is 372 g/mol. The minimum Gasteiger partial charge on any atom is -0.863 e. The van der Waals surface area contributed by atoms with Crippen molar-refractivity contribution in [2.45, 2.75) is 34.1 Å². The van der Waals surface area contributed by atoms with E-state index >= 15 is 0 Å². The molecule has 146 valence electrons. The number of nitrogens with zero attached hydrogens (tertiary/aromatic N) is 4. The Balaban J connectivity index is 0.000000541. The maximum atomic E-state index is 11.1. The van der Waals surface area contributed by atoms with Crippen LogP contribution in [0.1, 0.15) is 34.1 Å². The average molecular weight is 372 g/mol. The molecule has 0 aliphatic carbocycles. The summed E-state index contributed by atoms with van der Waals surface area (Å²) in [6.07, 6.45) is 1.32. The first-order valence-electron chi connectivity index (χ1n) is 8.22. The Bertz CT molecular complexity index is 616. The summed E-state index contributed by atoms with van der Waals surface area (Å²) in [5, 5.41) is 42.1. The van der Waals surface area contributed by atoms with Gasteiger partial charge in [-0.3, -0.25) is 30.3 Å². The van der Waals surface area contributed by atoms with Crippen LogP contribution in [0.4, 0.5) is 17.1 Å². The van der Waals surface area contributed by atoms with E-state index in [1.54, 1.807) is 0 Å². The van der Waals surface area contributed by atoms with E-state index in [-0.39, 0.29) is 0 Å². The summed E-state index contributed by atoms with van der Waals surface area (Å²) in [6.45, 7) is 14.4. The second-order valence-electron chi connectivity index (χ2n) is 5.60. The van der Waals surface area contributed by atoms with Crippen LogP contribution >= 0.6 is 0 Å². The minimum atomic E-state index is -1.46. The Kier molecular flexibility index (Phi) is 9.12. The summed E-state index contributed by atoms with van der Waals surface area (Å²) in [7, 11) is 0. The van der Waals surface area contributed by atoms with Gasteiger partial charge < -0.3 is 9.59 Å². The van der Waals surface area contributed by atoms with Crippen LogP contribution in [-0.4, -0.2) is 45.4 Å². The third-order valence-corrected chi connectivity index (χ3v) is 4.35. The van der Waals surface area contributed by atoms with Crippen LogP contribution in [0.5, 0.6) is 5.75 Å². The van der Waals surface area contributed by atoms with Crippen molar-refractivity contribution in [3.8, 4) is 5.75 Å². The standard InChI is InChI=1S/C9H22N.C6H3N3O7/c1-5-9-10(6-2,7-3)8-4;10-6-4(8(13)14)1-3(7(11)12)2-5(6)9(15)16/h5-9H2,1-4H3;1-2,10H/q+1;/p-1. The molecule has 11 heteroatoms. The summed E-state index contributed by atoms with van der Waals surface area (Å²) < 4.78 is 1.30. The van der Waals surface area contributed by atoms with Crippen LogP contribution in [0.25, 0.3) is 0 Å². The molecule has 26 heavy (non-hydrogen) atoms. The fourth-order valence-electron chi connectivity index (χ4n) is 2.58. The summed E-state index contributed by atoms with van der Waals surface area (Å²) in [4.78, 5) is 27.5. The summed E-state index contributed by atoms with van der Waals surface area (Å²) in [5.41, 5.74) is -3.26. The van der Waals surface area contributed by atoms with Crippen molar-refractivity contribution >= 4 is 17.1 Å². The Morgan fingerprint density at radius 3 is 1.38 bits per heavy atom. The molecule has 0 amide bonds. The van der Waals surface area contributed by atoms with Gasteiger partial charge in [-0.2, -0.15) is 0 Å². The number of quaternary nitrogens is 1. The molecule has 0 aliphatic heterocycles. The Morgan fingerprint density at radius 2 is 1.19 bits per heavy atom. The quantitative estimate of drug-likeness (QED) is 0.386. The Morgan fingerprint density at radius 1 is 0.808 bits per heavy atom. The first kappa shape index (κ1) is 23.2. The van der Waals surface area contributed by atoms with Crippen LogP contribution in [0, 0.1) is 30.3 Å². The molecule has 0 spiro atoms. The maximum Gasteiger partial charge on any atom is 0.283 e. The highest BCUT2D eigenvalue weighted by Gasteiger charge is 2.24. The second-order valence-corrected chi connectivity index (χ2v) is 5.60. The van der Waals surface area contributed by atoms with Gasteiger partial charge in [-0.15, -0.1) is 0 Å². The van der Waals surface area contributed by atoms with Gasteiger partial charge in [-0.25, -0.2) is 0 Å². The van der Waals surface area contributed by atoms with Crippen molar-refractivity contribution in [2.24, 2.45) is 0 Å². The van der Waals surface area contributed by atoms with Gasteiger partial charge in [0.15, 0.2) is 0 Å². The van der Waals surface area contributed by atoms with Crippen molar-refractivity contribution in [1.29, 1.82) is 0 Å². The fourth-order valence-corrected chi connectivity index (χ4v) is 2.58. The average Bonchev–Trinajstić information content (AvgIpc) is 2.59. The number of hydrogen-bond acceptors (Lipinski definition) is 7. The van der Waals surface area contributed by atoms with Gasteiger partial charge in [0.05, 0.1) is 58.8 Å². The van der Waals surface area contributed by atoms with Crippen molar-refractivity contribution in [2.75, 3.05) is 26.2 Å². The molecular formula is C15H24N4O7. The van der Waals surface area contributed by atoms with Gasteiger partial charge in [-0.1, -0.05) is 6.92 Å². The molecule has 1 aromatic rings. The predicted octanol–water partition coefficient (Wildman–Crippen LogP) is 2.76. The molecule has 1 aromatic carbocycles. The molecule has 0 aromatic heterocycles. The van der Waals surface area contributed by atoms with E-state index < -0.39 is 37.6 Å². The van der Waals surface area contributed by atoms with E-state index in [1.165, 1.54) is 37.1 Å². The lowest BCUT2D eigenvalue weighted by Gasteiger charge is -2.35. The zero-order valence-corrected chi connectivity index (χ0v) is 15.3. The number of non-ortho nitro benzene ring substituents is 1. The molecule has 0 N–H and O–H groups in total. The largest absolute Gasteiger partial charge is 0.863 e. The number of benzene rings is 1. The minimum absolute atomic E-state index is 0.384. The topological polar surface area (TPSA) is 152 Å². The lowest BCUT2D eigenvalue weighted by molar-refractivity contribution is -0.923. The van der Waals surface area contributed by atoms with Crippen LogP contribution < -0.4 is 5.11 Å². The predicted molar refractivity (Wildman–Crippen MR) is 92.9 cm³/mol. The highest BCUT2D eigenvalue weighted by Crippen LogP contribution is 2.36. The molecule has 0 atom stereocenters. The van der Waals surface area contributed by atoms with E-state index in [0.29, 0.717) is 12.1 Å². The van der Waals surface area contributed by atoms with Gasteiger partial charge in [0, 0.05) is 0 Å². The molecule has 0 saturated carbocycles. The van der Waals surface area contributed by atoms with Crippen molar-refractivity contribution in [3.05, 3.63) is 42.5 Å². The maximum absolute atomic E-state index is 11.1. The van der Waals surface area contributed by atoms with E-state index in [9.17, 15) is 35.4 Å². The van der Waals surface area contributed by atoms with Gasteiger partial charge in [0.25, 0.3) is 17.1 Å². The Labute approximate surface area is 150 Å². The Hall–Kier alpha value is -2.82. The van der Waals surface area contributed by atoms with Gasteiger partial charge in [0.1, 0.15) is 0 Å². The molecule has 0 aliphatic rings. The second kappa shape index (κ2) is 10.2. The van der Waals surface area contributed by atoms with Crippen molar-refractivity contribution in [3.63, 3.8) is 0 Å². The van der Waals surface area contributed by atoms with E-state index in [2.05, 4.69) is 27.7 Å². The molecule has 0 saturated heterocycles. The smallest absolute Gasteiger partial charge is 0.283 e. The third-order valence-electron chi connectivity index (χ3n) is 4.35. The van der Waals surface area contributed by atoms with E-state index in [1.807, 2.05) is 0 Å². The lowest BCUT2D eigenvalue weighted by Crippen LogP contribution is -2.47. The molecule has 0 fully saturated rings. The van der Waals surface area contributed by atoms with Gasteiger partial charge in [0.2, 0.25) is 0 Å². The van der Waals surface area contributed by atoms with Crippen LogP contribution in [0.3, 0.4) is 0 Å². The molecule has 0 bridgehead atoms. The van der Waals surface area contributed by atoms with Gasteiger partial charge >= 0.3 is 0 Å². The lowest BCUT2D eigenvalue weighted by atomic mass is 10.2. The SMILES string of the molecule is CCC[N+](CC)(CC)CC.O=[N+]([O-])c1cc([N+](=O)[O-])c([O-])c([N+](=O)[O-])c1. The van der Waals surface area contributed by atoms with Crippen molar-refractivity contribution < 1.29 is 24.4 Å². The van der Waals surface area contributed by atoms with E-state index in [0.717, 1.165) is 0 Å². The molecule has 0 heterocycles. The number of rotatable bonds is 8. The highest BCUT2D eigenvalue weighted by atomic mass is 16.6. The molecule has 11 nitrogen and oxygen atoms in total. The van der Waals surface area contributed by atoms with Gasteiger partial charge in [-0.05, 0) is 27.2 Å². The zero-order valence-electron chi connectivity index (χ0n) is 15.3. The zero-order chi connectivity index (χ0) is 20.5. The van der Waals surface area contributed by atoms with E-state index in [4.69, 9.17) is 0 Å². The summed E-state index contributed by atoms with van der Waals surface area (Å²) >= 11 is 0. The highest BCUT2D eigenvalue weighted by molar-refractivity contribution is 5.63. The normalized spacial score (nSPS) is 10.6. The number of nitro groups is 3. The summed E-state index contributed by atoms with van der Waals surface area (Å²) in [5.74, 6) is -1.46. The molecule has 0 unspecified atom stereocenters. The third kappa shape index (κ3) is 5.92. The molecular weight excluding hydrogens is 348 g/mol. The number of nitro benzene ring substituents is 3. The van der Waals surface area contributed by atoms with Crippen molar-refractivity contribution in [1.82, 2.24) is 0 Å². The number of hydrogen-bond donors (Lipinski definition) is 0. The summed E-state index contributed by atoms with van der Waals surface area (Å²) in [6, 6.07) is 0.769. The van der Waals surface area contributed by atoms with Crippen LogP contribution in [0.15, 0.2) is 12.1 Å². The van der Waals surface area contributed by atoms with Crippen LogP contribution in [-0.2, 0) is 0 Å². The van der Waals surface area contributed by atoms with Crippen LogP contribution in [0.2, 0.25) is 0 Å². The first-order valence-corrected chi connectivity index (χ1v) is 8.22. The fraction of sp³-hybridized carbons (Fsp3) is 0.600. The first-order chi connectivity index (χ1) is 12.1. The molecule has 0 radical (unpaired) electrons. The molecule has 1 rings (SSSR count).